The molecule has 3 aromatic rings. The van der Waals surface area contributed by atoms with Crippen LogP contribution >= 0.6 is 0 Å². The summed E-state index contributed by atoms with van der Waals surface area (Å²) in [5, 5.41) is 8.45. The van der Waals surface area contributed by atoms with Crippen molar-refractivity contribution >= 4 is 10.0 Å². The molecule has 4 rings (SSSR count). The molecule has 30 heavy (non-hydrogen) atoms. The van der Waals surface area contributed by atoms with E-state index in [2.05, 4.69) is 19.8 Å². The third-order valence-corrected chi connectivity index (χ3v) is 7.05. The van der Waals surface area contributed by atoms with Crippen molar-refractivity contribution in [2.45, 2.75) is 43.7 Å². The highest BCUT2D eigenvalue weighted by Gasteiger charge is 2.29. The Labute approximate surface area is 177 Å². The normalized spacial score (nSPS) is 17.1. The van der Waals surface area contributed by atoms with Gasteiger partial charge in [-0.1, -0.05) is 35.9 Å². The maximum absolute atomic E-state index is 12.5. The van der Waals surface area contributed by atoms with Gasteiger partial charge in [-0.25, -0.2) is 13.1 Å². The van der Waals surface area contributed by atoms with Crippen LogP contribution in [0.25, 0.3) is 11.5 Å². The molecule has 0 unspecified atom stereocenters. The quantitative estimate of drug-likeness (QED) is 0.649. The van der Waals surface area contributed by atoms with Crippen LogP contribution in [0.3, 0.4) is 0 Å². The zero-order valence-corrected chi connectivity index (χ0v) is 18.0. The number of likely N-dealkylation sites (tertiary alicyclic amines) is 1. The van der Waals surface area contributed by atoms with E-state index in [-0.39, 0.29) is 12.1 Å². The number of hydrogen-bond acceptors (Lipinski definition) is 6. The minimum absolute atomic E-state index is 0.0252. The fourth-order valence-electron chi connectivity index (χ4n) is 3.75. The fourth-order valence-corrected chi connectivity index (χ4v) is 5.07. The third-order valence-electron chi connectivity index (χ3n) is 5.52. The second-order valence-electron chi connectivity index (χ2n) is 7.74. The lowest BCUT2D eigenvalue weighted by Crippen LogP contribution is -2.45. The molecule has 1 aromatic heterocycles. The topological polar surface area (TPSA) is 88.3 Å². The summed E-state index contributed by atoms with van der Waals surface area (Å²) in [6.07, 6.45) is 1.46. The first-order chi connectivity index (χ1) is 14.4. The smallest absolute Gasteiger partial charge is 0.247 e. The third kappa shape index (κ3) is 4.61. The molecule has 8 heteroatoms. The number of aromatic nitrogens is 2. The molecular formula is C22H26N4O3S. The van der Waals surface area contributed by atoms with Gasteiger partial charge < -0.3 is 4.42 Å². The first kappa shape index (κ1) is 20.7. The lowest BCUT2D eigenvalue weighted by atomic mass is 10.0. The molecule has 7 nitrogen and oxygen atoms in total. The second kappa shape index (κ2) is 8.67. The molecule has 1 aliphatic rings. The van der Waals surface area contributed by atoms with Crippen LogP contribution in [-0.2, 0) is 10.0 Å². The van der Waals surface area contributed by atoms with E-state index < -0.39 is 10.0 Å². The van der Waals surface area contributed by atoms with Gasteiger partial charge >= 0.3 is 0 Å². The Hall–Kier alpha value is -2.55. The molecule has 0 spiro atoms. The van der Waals surface area contributed by atoms with E-state index in [0.717, 1.165) is 37.1 Å². The van der Waals surface area contributed by atoms with Crippen LogP contribution in [0, 0.1) is 6.92 Å². The van der Waals surface area contributed by atoms with Gasteiger partial charge in [0.25, 0.3) is 0 Å². The van der Waals surface area contributed by atoms with E-state index >= 15 is 0 Å². The Morgan fingerprint density at radius 2 is 1.80 bits per heavy atom. The number of benzene rings is 2. The summed E-state index contributed by atoms with van der Waals surface area (Å²) in [7, 11) is -3.49. The van der Waals surface area contributed by atoms with Gasteiger partial charge in [0, 0.05) is 24.7 Å². The van der Waals surface area contributed by atoms with E-state index in [1.807, 2.05) is 38.1 Å². The van der Waals surface area contributed by atoms with E-state index in [1.165, 1.54) is 0 Å². The SMILES string of the molecule is Cc1cccc(-c2nnc([C@H](C)N3CCC(NS(=O)(=O)c4ccccc4)CC3)o2)c1. The number of aryl methyl sites for hydroxylation is 1. The molecule has 0 radical (unpaired) electrons. The van der Waals surface area contributed by atoms with Crippen molar-refractivity contribution in [3.63, 3.8) is 0 Å². The number of hydrogen-bond donors (Lipinski definition) is 1. The highest BCUT2D eigenvalue weighted by atomic mass is 32.2. The Balaban J connectivity index is 1.36. The largest absolute Gasteiger partial charge is 0.419 e. The molecule has 0 aliphatic carbocycles. The Bertz CT molecular complexity index is 1090. The van der Waals surface area contributed by atoms with E-state index in [4.69, 9.17) is 4.42 Å². The predicted octanol–water partition coefficient (Wildman–Crippen LogP) is 3.55. The molecular weight excluding hydrogens is 400 g/mol. The molecule has 0 bridgehead atoms. The van der Waals surface area contributed by atoms with Gasteiger partial charge in [0.05, 0.1) is 10.9 Å². The van der Waals surface area contributed by atoms with Crippen molar-refractivity contribution in [1.29, 1.82) is 0 Å². The van der Waals surface area contributed by atoms with Crippen molar-refractivity contribution in [2.24, 2.45) is 0 Å². The molecule has 0 amide bonds. The van der Waals surface area contributed by atoms with Gasteiger partial charge in [-0.05, 0) is 51.0 Å². The van der Waals surface area contributed by atoms with Crippen molar-refractivity contribution < 1.29 is 12.8 Å². The first-order valence-corrected chi connectivity index (χ1v) is 11.6. The molecule has 1 fully saturated rings. The molecule has 1 atom stereocenters. The van der Waals surface area contributed by atoms with E-state index in [9.17, 15) is 8.42 Å². The zero-order valence-electron chi connectivity index (χ0n) is 17.2. The predicted molar refractivity (Wildman–Crippen MR) is 114 cm³/mol. The highest BCUT2D eigenvalue weighted by molar-refractivity contribution is 7.89. The summed E-state index contributed by atoms with van der Waals surface area (Å²) in [5.41, 5.74) is 2.05. The van der Waals surface area contributed by atoms with Gasteiger partial charge in [0.15, 0.2) is 0 Å². The number of sulfonamides is 1. The van der Waals surface area contributed by atoms with Crippen LogP contribution in [0.5, 0.6) is 0 Å². The maximum Gasteiger partial charge on any atom is 0.247 e. The van der Waals surface area contributed by atoms with Gasteiger partial charge in [0.1, 0.15) is 0 Å². The second-order valence-corrected chi connectivity index (χ2v) is 9.45. The monoisotopic (exact) mass is 426 g/mol. The summed E-state index contributed by atoms with van der Waals surface area (Å²) in [6.45, 7) is 5.58. The zero-order chi connectivity index (χ0) is 21.1. The van der Waals surface area contributed by atoms with Gasteiger partial charge in [-0.15, -0.1) is 10.2 Å². The Kier molecular flexibility index (Phi) is 5.99. The van der Waals surface area contributed by atoms with Crippen LogP contribution in [0.1, 0.15) is 37.3 Å². The van der Waals surface area contributed by atoms with Crippen LogP contribution < -0.4 is 4.72 Å². The molecule has 1 saturated heterocycles. The van der Waals surface area contributed by atoms with Gasteiger partial charge in [-0.3, -0.25) is 4.90 Å². The number of rotatable bonds is 6. The van der Waals surface area contributed by atoms with E-state index in [0.29, 0.717) is 16.7 Å². The first-order valence-electron chi connectivity index (χ1n) is 10.1. The van der Waals surface area contributed by atoms with Crippen LogP contribution in [0.15, 0.2) is 63.9 Å². The fraction of sp³-hybridized carbons (Fsp3) is 0.364. The minimum Gasteiger partial charge on any atom is -0.419 e. The summed E-state index contributed by atoms with van der Waals surface area (Å²) in [6, 6.07) is 16.4. The van der Waals surface area contributed by atoms with Crippen LogP contribution in [-0.4, -0.2) is 42.6 Å². The average molecular weight is 427 g/mol. The van der Waals surface area contributed by atoms with Gasteiger partial charge in [-0.2, -0.15) is 0 Å². The summed E-state index contributed by atoms with van der Waals surface area (Å²) in [4.78, 5) is 2.55. The van der Waals surface area contributed by atoms with E-state index in [1.54, 1.807) is 30.3 Å². The van der Waals surface area contributed by atoms with Crippen LogP contribution in [0.2, 0.25) is 0 Å². The Morgan fingerprint density at radius 1 is 1.07 bits per heavy atom. The molecule has 1 N–H and O–H groups in total. The van der Waals surface area contributed by atoms with Crippen molar-refractivity contribution in [3.8, 4) is 11.5 Å². The molecule has 0 saturated carbocycles. The Morgan fingerprint density at radius 3 is 2.50 bits per heavy atom. The number of nitrogens with zero attached hydrogens (tertiary/aromatic N) is 3. The lowest BCUT2D eigenvalue weighted by molar-refractivity contribution is 0.140. The molecule has 158 valence electrons. The van der Waals surface area contributed by atoms with Crippen molar-refractivity contribution in [2.75, 3.05) is 13.1 Å². The maximum atomic E-state index is 12.5. The summed E-state index contributed by atoms with van der Waals surface area (Å²) in [5.74, 6) is 1.10. The molecule has 2 aromatic carbocycles. The number of nitrogens with one attached hydrogen (secondary N) is 1. The highest BCUT2D eigenvalue weighted by Crippen LogP contribution is 2.27. The summed E-state index contributed by atoms with van der Waals surface area (Å²) < 4.78 is 33.8. The lowest BCUT2D eigenvalue weighted by Gasteiger charge is -2.34. The minimum atomic E-state index is -3.49. The standard InChI is InChI=1S/C22H26N4O3S/c1-16-7-6-8-18(15-16)22-24-23-21(29-22)17(2)26-13-11-19(12-14-26)25-30(27,28)20-9-4-3-5-10-20/h3-10,15,17,19,25H,11-14H2,1-2H3/t17-/m0/s1. The summed E-state index contributed by atoms with van der Waals surface area (Å²) >= 11 is 0. The van der Waals surface area contributed by atoms with Gasteiger partial charge in [0.2, 0.25) is 21.8 Å². The van der Waals surface area contributed by atoms with Crippen molar-refractivity contribution in [3.05, 3.63) is 66.1 Å². The van der Waals surface area contributed by atoms with Crippen molar-refractivity contribution in [1.82, 2.24) is 19.8 Å². The average Bonchev–Trinajstić information content (AvgIpc) is 3.25. The molecule has 1 aliphatic heterocycles. The number of piperidine rings is 1. The molecule has 2 heterocycles. The van der Waals surface area contributed by atoms with Crippen LogP contribution in [0.4, 0.5) is 0 Å².